The number of carbonyl (C=O) groups excluding carboxylic acids is 2. The molecule has 0 radical (unpaired) electrons. The molecule has 0 spiro atoms. The summed E-state index contributed by atoms with van der Waals surface area (Å²) in [5.41, 5.74) is 2.76. The van der Waals surface area contributed by atoms with Crippen molar-refractivity contribution in [1.82, 2.24) is 30.5 Å². The van der Waals surface area contributed by atoms with Crippen LogP contribution in [0.3, 0.4) is 0 Å². The number of benzene rings is 2. The van der Waals surface area contributed by atoms with Crippen molar-refractivity contribution in [2.75, 3.05) is 11.4 Å². The Kier molecular flexibility index (Phi) is 8.52. The van der Waals surface area contributed by atoms with Gasteiger partial charge in [0.25, 0.3) is 5.91 Å². The number of tetrazole rings is 1. The van der Waals surface area contributed by atoms with Gasteiger partial charge in [-0.05, 0) is 78.6 Å². The molecule has 196 valence electrons. The molecule has 38 heavy (non-hydrogen) atoms. The number of nitrogens with one attached hydrogen (secondary N) is 1. The maximum atomic E-state index is 13.8. The summed E-state index contributed by atoms with van der Waals surface area (Å²) in [6.07, 6.45) is 3.99. The lowest BCUT2D eigenvalue weighted by Crippen LogP contribution is -2.45. The highest BCUT2D eigenvalue weighted by Crippen LogP contribution is 2.28. The van der Waals surface area contributed by atoms with Crippen LogP contribution in [-0.4, -0.2) is 43.6 Å². The molecule has 10 heteroatoms. The number of anilines is 1. The lowest BCUT2D eigenvalue weighted by atomic mass is 10.0. The van der Waals surface area contributed by atoms with Crippen molar-refractivity contribution in [3.8, 4) is 11.4 Å². The van der Waals surface area contributed by atoms with Gasteiger partial charge in [0, 0.05) is 30.2 Å². The summed E-state index contributed by atoms with van der Waals surface area (Å²) in [5.74, 6) is -0.407. The van der Waals surface area contributed by atoms with E-state index in [0.717, 1.165) is 12.0 Å². The van der Waals surface area contributed by atoms with Crippen LogP contribution in [0.1, 0.15) is 37.4 Å². The van der Waals surface area contributed by atoms with E-state index in [1.807, 2.05) is 31.2 Å². The van der Waals surface area contributed by atoms with E-state index in [1.54, 1.807) is 24.5 Å². The highest BCUT2D eigenvalue weighted by Gasteiger charge is 2.33. The van der Waals surface area contributed by atoms with E-state index in [0.29, 0.717) is 29.3 Å². The number of hydrogen-bond donors (Lipinski definition) is 1. The van der Waals surface area contributed by atoms with Crippen molar-refractivity contribution in [2.45, 2.75) is 39.8 Å². The SMILES string of the molecule is Cc1ccc(N(C(=O)Cn2nnc(-c3ccc(F)cc3)n2)[C@H](C(=O)NCCC(C)C)c2ccncc2)cc1. The van der Waals surface area contributed by atoms with E-state index in [1.165, 1.54) is 34.0 Å². The Hall–Kier alpha value is -4.47. The van der Waals surface area contributed by atoms with Crippen LogP contribution in [0, 0.1) is 18.7 Å². The molecule has 0 saturated carbocycles. The lowest BCUT2D eigenvalue weighted by Gasteiger charge is -2.31. The molecule has 1 atom stereocenters. The molecule has 0 aliphatic carbocycles. The third kappa shape index (κ3) is 6.64. The van der Waals surface area contributed by atoms with E-state index in [9.17, 15) is 14.0 Å². The number of aromatic nitrogens is 5. The van der Waals surface area contributed by atoms with E-state index in [2.05, 4.69) is 39.6 Å². The van der Waals surface area contributed by atoms with Crippen LogP contribution in [-0.2, 0) is 16.1 Å². The molecule has 0 fully saturated rings. The summed E-state index contributed by atoms with van der Waals surface area (Å²) in [4.78, 5) is 34.1. The van der Waals surface area contributed by atoms with Crippen molar-refractivity contribution in [3.05, 3.63) is 90.0 Å². The maximum Gasteiger partial charge on any atom is 0.251 e. The molecule has 2 aromatic heterocycles. The molecule has 9 nitrogen and oxygen atoms in total. The minimum absolute atomic E-state index is 0.261. The van der Waals surface area contributed by atoms with Crippen LogP contribution in [0.15, 0.2) is 73.1 Å². The predicted octanol–water partition coefficient (Wildman–Crippen LogP) is 4.12. The number of halogens is 1. The minimum atomic E-state index is -0.944. The van der Waals surface area contributed by atoms with Gasteiger partial charge in [-0.2, -0.15) is 4.80 Å². The Morgan fingerprint density at radius 1 is 1.00 bits per heavy atom. The van der Waals surface area contributed by atoms with Gasteiger partial charge in [0.1, 0.15) is 18.4 Å². The van der Waals surface area contributed by atoms with Gasteiger partial charge in [-0.1, -0.05) is 31.5 Å². The van der Waals surface area contributed by atoms with Crippen LogP contribution in [0.2, 0.25) is 0 Å². The van der Waals surface area contributed by atoms with E-state index in [4.69, 9.17) is 0 Å². The van der Waals surface area contributed by atoms with Gasteiger partial charge in [-0.3, -0.25) is 19.5 Å². The number of hydrogen-bond acceptors (Lipinski definition) is 6. The molecule has 0 unspecified atom stereocenters. The number of aryl methyl sites for hydroxylation is 1. The van der Waals surface area contributed by atoms with E-state index < -0.39 is 11.9 Å². The molecule has 4 aromatic rings. The molecule has 0 bridgehead atoms. The smallest absolute Gasteiger partial charge is 0.251 e. The summed E-state index contributed by atoms with van der Waals surface area (Å²) in [6.45, 7) is 6.34. The zero-order chi connectivity index (χ0) is 27.1. The Balaban J connectivity index is 1.67. The summed E-state index contributed by atoms with van der Waals surface area (Å²) >= 11 is 0. The second kappa shape index (κ2) is 12.2. The summed E-state index contributed by atoms with van der Waals surface area (Å²) < 4.78 is 13.3. The monoisotopic (exact) mass is 515 g/mol. The van der Waals surface area contributed by atoms with Gasteiger partial charge in [0.05, 0.1) is 0 Å². The highest BCUT2D eigenvalue weighted by atomic mass is 19.1. The molecule has 0 aliphatic heterocycles. The van der Waals surface area contributed by atoms with Crippen LogP contribution in [0.25, 0.3) is 11.4 Å². The molecule has 0 aliphatic rings. The van der Waals surface area contributed by atoms with Crippen molar-refractivity contribution in [3.63, 3.8) is 0 Å². The fourth-order valence-electron chi connectivity index (χ4n) is 3.91. The van der Waals surface area contributed by atoms with E-state index >= 15 is 0 Å². The molecular formula is C28H30FN7O2. The second-order valence-corrected chi connectivity index (χ2v) is 9.41. The normalized spacial score (nSPS) is 11.8. The topological polar surface area (TPSA) is 106 Å². The standard InChI is InChI=1S/C28H30FN7O2/c1-19(2)12-17-31-28(38)26(21-13-15-30-16-14-21)36(24-10-4-20(3)5-11-24)25(37)18-35-33-27(32-34-35)22-6-8-23(29)9-7-22/h4-11,13-16,19,26H,12,17-18H2,1-3H3,(H,31,38)/t26-/m0/s1. The van der Waals surface area contributed by atoms with Gasteiger partial charge >= 0.3 is 0 Å². The van der Waals surface area contributed by atoms with Crippen LogP contribution >= 0.6 is 0 Å². The summed E-state index contributed by atoms with van der Waals surface area (Å²) in [6, 6.07) is 15.6. The van der Waals surface area contributed by atoms with Gasteiger partial charge in [0.2, 0.25) is 11.7 Å². The third-order valence-electron chi connectivity index (χ3n) is 5.96. The molecule has 1 N–H and O–H groups in total. The Morgan fingerprint density at radius 3 is 2.34 bits per heavy atom. The Labute approximate surface area is 220 Å². The quantitative estimate of drug-likeness (QED) is 0.341. The van der Waals surface area contributed by atoms with Crippen molar-refractivity contribution >= 4 is 17.5 Å². The average Bonchev–Trinajstić information content (AvgIpc) is 3.36. The molecule has 2 amide bonds. The zero-order valence-electron chi connectivity index (χ0n) is 21.6. The molecule has 2 heterocycles. The fraction of sp³-hybridized carbons (Fsp3) is 0.286. The number of carbonyl (C=O) groups is 2. The fourth-order valence-corrected chi connectivity index (χ4v) is 3.91. The van der Waals surface area contributed by atoms with Crippen molar-refractivity contribution in [2.24, 2.45) is 5.92 Å². The number of amides is 2. The maximum absolute atomic E-state index is 13.8. The summed E-state index contributed by atoms with van der Waals surface area (Å²) in [5, 5.41) is 15.3. The largest absolute Gasteiger partial charge is 0.354 e. The Morgan fingerprint density at radius 2 is 1.68 bits per heavy atom. The second-order valence-electron chi connectivity index (χ2n) is 9.41. The van der Waals surface area contributed by atoms with Gasteiger partial charge in [-0.25, -0.2) is 4.39 Å². The van der Waals surface area contributed by atoms with Crippen LogP contribution in [0.5, 0.6) is 0 Å². The third-order valence-corrected chi connectivity index (χ3v) is 5.96. The number of rotatable bonds is 10. The molecular weight excluding hydrogens is 485 g/mol. The minimum Gasteiger partial charge on any atom is -0.354 e. The van der Waals surface area contributed by atoms with Crippen LogP contribution in [0.4, 0.5) is 10.1 Å². The number of nitrogens with zero attached hydrogens (tertiary/aromatic N) is 6. The first-order valence-corrected chi connectivity index (χ1v) is 12.4. The highest BCUT2D eigenvalue weighted by molar-refractivity contribution is 6.01. The predicted molar refractivity (Wildman–Crippen MR) is 141 cm³/mol. The van der Waals surface area contributed by atoms with Gasteiger partial charge in [-0.15, -0.1) is 10.2 Å². The molecule has 2 aromatic carbocycles. The van der Waals surface area contributed by atoms with Gasteiger partial charge < -0.3 is 5.32 Å². The van der Waals surface area contributed by atoms with Crippen molar-refractivity contribution in [1.29, 1.82) is 0 Å². The van der Waals surface area contributed by atoms with Crippen molar-refractivity contribution < 1.29 is 14.0 Å². The molecule has 0 saturated heterocycles. The van der Waals surface area contributed by atoms with Gasteiger partial charge in [0.15, 0.2) is 0 Å². The first-order chi connectivity index (χ1) is 18.3. The number of pyridine rings is 1. The first-order valence-electron chi connectivity index (χ1n) is 12.4. The average molecular weight is 516 g/mol. The lowest BCUT2D eigenvalue weighted by molar-refractivity contribution is -0.127. The zero-order valence-corrected chi connectivity index (χ0v) is 21.6. The van der Waals surface area contributed by atoms with Crippen LogP contribution < -0.4 is 10.2 Å². The first kappa shape index (κ1) is 26.6. The Bertz CT molecular complexity index is 1360. The summed E-state index contributed by atoms with van der Waals surface area (Å²) in [7, 11) is 0. The molecule has 4 rings (SSSR count). The van der Waals surface area contributed by atoms with E-state index in [-0.39, 0.29) is 24.1 Å².